The van der Waals surface area contributed by atoms with Gasteiger partial charge in [-0.1, -0.05) is 29.3 Å². The number of benzene rings is 1. The van der Waals surface area contributed by atoms with Crippen LogP contribution in [-0.4, -0.2) is 17.1 Å². The zero-order valence-corrected chi connectivity index (χ0v) is 11.1. The lowest BCUT2D eigenvalue weighted by Gasteiger charge is -2.19. The predicted molar refractivity (Wildman–Crippen MR) is 74.4 cm³/mol. The van der Waals surface area contributed by atoms with Crippen molar-refractivity contribution in [2.45, 2.75) is 13.5 Å². The minimum atomic E-state index is -0.158. The van der Waals surface area contributed by atoms with Crippen molar-refractivity contribution in [3.8, 4) is 0 Å². The van der Waals surface area contributed by atoms with E-state index in [9.17, 15) is 0 Å². The summed E-state index contributed by atoms with van der Waals surface area (Å²) < 4.78 is 0. The van der Waals surface area contributed by atoms with Gasteiger partial charge in [-0.05, 0) is 31.2 Å². The van der Waals surface area contributed by atoms with Gasteiger partial charge in [0.2, 0.25) is 0 Å². The maximum absolute atomic E-state index is 9.17. The predicted octanol–water partition coefficient (Wildman–Crippen LogP) is 3.30. The second-order valence-corrected chi connectivity index (χ2v) is 4.56. The number of hydrogen-bond acceptors (Lipinski definition) is 3. The minimum absolute atomic E-state index is 0.158. The maximum Gasteiger partial charge on any atom is 0.133 e. The molecular weight excluding hydrogens is 248 g/mol. The average molecular weight is 263 g/mol. The van der Waals surface area contributed by atoms with Crippen LogP contribution in [0.25, 0.3) is 0 Å². The standard InChI is InChI=1S/C14H15ClN2O/c1-10-3-5-11(6-4-10)17(2)14-8-7-12(15)13(9-18)16-14/h3-8,18H,9H2,1-2H3. The van der Waals surface area contributed by atoms with Crippen molar-refractivity contribution in [3.63, 3.8) is 0 Å². The summed E-state index contributed by atoms with van der Waals surface area (Å²) in [7, 11) is 1.93. The second-order valence-electron chi connectivity index (χ2n) is 4.15. The topological polar surface area (TPSA) is 36.4 Å². The normalized spacial score (nSPS) is 10.4. The first-order valence-electron chi connectivity index (χ1n) is 5.68. The Morgan fingerprint density at radius 2 is 1.83 bits per heavy atom. The zero-order chi connectivity index (χ0) is 13.1. The summed E-state index contributed by atoms with van der Waals surface area (Å²) in [5, 5.41) is 9.65. The summed E-state index contributed by atoms with van der Waals surface area (Å²) in [5.41, 5.74) is 2.75. The molecule has 1 aromatic carbocycles. The Morgan fingerprint density at radius 3 is 2.44 bits per heavy atom. The molecule has 0 saturated carbocycles. The lowest BCUT2D eigenvalue weighted by atomic mass is 10.2. The third-order valence-corrected chi connectivity index (χ3v) is 3.16. The summed E-state index contributed by atoms with van der Waals surface area (Å²) in [6.07, 6.45) is 0. The van der Waals surface area contributed by atoms with Crippen LogP contribution in [0.15, 0.2) is 36.4 Å². The monoisotopic (exact) mass is 262 g/mol. The molecule has 0 aliphatic rings. The number of aromatic nitrogens is 1. The van der Waals surface area contributed by atoms with E-state index in [1.165, 1.54) is 5.56 Å². The molecule has 94 valence electrons. The van der Waals surface area contributed by atoms with E-state index in [0.717, 1.165) is 11.5 Å². The van der Waals surface area contributed by atoms with E-state index in [0.29, 0.717) is 10.7 Å². The van der Waals surface area contributed by atoms with Gasteiger partial charge in [0.25, 0.3) is 0 Å². The molecule has 2 aromatic rings. The van der Waals surface area contributed by atoms with Gasteiger partial charge in [0.05, 0.1) is 17.3 Å². The fourth-order valence-corrected chi connectivity index (χ4v) is 1.84. The fourth-order valence-electron chi connectivity index (χ4n) is 1.67. The van der Waals surface area contributed by atoms with Crippen LogP contribution in [0.5, 0.6) is 0 Å². The molecule has 0 aliphatic carbocycles. The Morgan fingerprint density at radius 1 is 1.17 bits per heavy atom. The van der Waals surface area contributed by atoms with Gasteiger partial charge in [0, 0.05) is 12.7 Å². The number of anilines is 2. The van der Waals surface area contributed by atoms with E-state index in [1.807, 2.05) is 37.1 Å². The van der Waals surface area contributed by atoms with E-state index < -0.39 is 0 Å². The van der Waals surface area contributed by atoms with Gasteiger partial charge < -0.3 is 10.0 Å². The SMILES string of the molecule is Cc1ccc(N(C)c2ccc(Cl)c(CO)n2)cc1. The Balaban J connectivity index is 2.33. The van der Waals surface area contributed by atoms with Gasteiger partial charge in [-0.25, -0.2) is 4.98 Å². The lowest BCUT2D eigenvalue weighted by Crippen LogP contribution is -2.12. The molecule has 1 N–H and O–H groups in total. The maximum atomic E-state index is 9.17. The van der Waals surface area contributed by atoms with Crippen molar-refractivity contribution in [3.05, 3.63) is 52.7 Å². The molecule has 0 aliphatic heterocycles. The number of rotatable bonds is 3. The highest BCUT2D eigenvalue weighted by molar-refractivity contribution is 6.31. The van der Waals surface area contributed by atoms with Crippen molar-refractivity contribution in [1.82, 2.24) is 4.98 Å². The number of nitrogens with zero attached hydrogens (tertiary/aromatic N) is 2. The summed E-state index contributed by atoms with van der Waals surface area (Å²) >= 11 is 5.93. The molecule has 1 heterocycles. The van der Waals surface area contributed by atoms with Gasteiger partial charge in [-0.15, -0.1) is 0 Å². The van der Waals surface area contributed by atoms with Crippen molar-refractivity contribution >= 4 is 23.1 Å². The average Bonchev–Trinajstić information content (AvgIpc) is 2.39. The van der Waals surface area contributed by atoms with E-state index >= 15 is 0 Å². The number of pyridine rings is 1. The highest BCUT2D eigenvalue weighted by Gasteiger charge is 2.08. The Bertz CT molecular complexity index is 540. The molecule has 0 spiro atoms. The molecule has 0 atom stereocenters. The number of halogens is 1. The quantitative estimate of drug-likeness (QED) is 0.922. The van der Waals surface area contributed by atoms with Crippen LogP contribution >= 0.6 is 11.6 Å². The van der Waals surface area contributed by atoms with Gasteiger partial charge in [-0.3, -0.25) is 0 Å². The van der Waals surface area contributed by atoms with Crippen molar-refractivity contribution < 1.29 is 5.11 Å². The zero-order valence-electron chi connectivity index (χ0n) is 10.4. The molecule has 0 fully saturated rings. The second kappa shape index (κ2) is 5.38. The molecule has 3 nitrogen and oxygen atoms in total. The third kappa shape index (κ3) is 2.63. The smallest absolute Gasteiger partial charge is 0.133 e. The highest BCUT2D eigenvalue weighted by Crippen LogP contribution is 2.24. The van der Waals surface area contributed by atoms with E-state index in [1.54, 1.807) is 6.07 Å². The van der Waals surface area contributed by atoms with Crippen LogP contribution in [0.1, 0.15) is 11.3 Å². The first-order valence-corrected chi connectivity index (χ1v) is 6.06. The fraction of sp³-hybridized carbons (Fsp3) is 0.214. The van der Waals surface area contributed by atoms with Crippen LogP contribution < -0.4 is 4.90 Å². The summed E-state index contributed by atoms with van der Waals surface area (Å²) in [4.78, 5) is 6.29. The van der Waals surface area contributed by atoms with Gasteiger partial charge in [0.1, 0.15) is 5.82 Å². The molecule has 2 rings (SSSR count). The van der Waals surface area contributed by atoms with E-state index in [4.69, 9.17) is 16.7 Å². The summed E-state index contributed by atoms with van der Waals surface area (Å²) in [5.74, 6) is 0.757. The highest BCUT2D eigenvalue weighted by atomic mass is 35.5. The van der Waals surface area contributed by atoms with E-state index in [2.05, 4.69) is 17.1 Å². The van der Waals surface area contributed by atoms with Crippen molar-refractivity contribution in [2.75, 3.05) is 11.9 Å². The first-order chi connectivity index (χ1) is 8.61. The first kappa shape index (κ1) is 12.9. The molecule has 0 unspecified atom stereocenters. The molecule has 0 amide bonds. The molecule has 4 heteroatoms. The van der Waals surface area contributed by atoms with Crippen molar-refractivity contribution in [2.24, 2.45) is 0 Å². The summed E-state index contributed by atoms with van der Waals surface area (Å²) in [6.45, 7) is 1.89. The van der Waals surface area contributed by atoms with Crippen LogP contribution in [0, 0.1) is 6.92 Å². The van der Waals surface area contributed by atoms with Crippen LogP contribution in [0.2, 0.25) is 5.02 Å². The van der Waals surface area contributed by atoms with Crippen LogP contribution in [0.4, 0.5) is 11.5 Å². The summed E-state index contributed by atoms with van der Waals surface area (Å²) in [6, 6.07) is 11.7. The number of aliphatic hydroxyl groups is 1. The van der Waals surface area contributed by atoms with Crippen molar-refractivity contribution in [1.29, 1.82) is 0 Å². The van der Waals surface area contributed by atoms with Crippen LogP contribution in [-0.2, 0) is 6.61 Å². The van der Waals surface area contributed by atoms with Crippen LogP contribution in [0.3, 0.4) is 0 Å². The minimum Gasteiger partial charge on any atom is -0.390 e. The molecule has 1 aromatic heterocycles. The number of aliphatic hydroxyl groups excluding tert-OH is 1. The Labute approximate surface area is 112 Å². The molecule has 0 radical (unpaired) electrons. The van der Waals surface area contributed by atoms with Gasteiger partial charge in [-0.2, -0.15) is 0 Å². The molecular formula is C14H15ClN2O. The Hall–Kier alpha value is -1.58. The molecule has 0 bridgehead atoms. The largest absolute Gasteiger partial charge is 0.390 e. The van der Waals surface area contributed by atoms with Gasteiger partial charge >= 0.3 is 0 Å². The van der Waals surface area contributed by atoms with Gasteiger partial charge in [0.15, 0.2) is 0 Å². The van der Waals surface area contributed by atoms with E-state index in [-0.39, 0.29) is 6.61 Å². The Kier molecular flexibility index (Phi) is 3.84. The molecule has 18 heavy (non-hydrogen) atoms. The lowest BCUT2D eigenvalue weighted by molar-refractivity contribution is 0.277. The molecule has 0 saturated heterocycles. The number of aryl methyl sites for hydroxylation is 1. The number of hydrogen-bond donors (Lipinski definition) is 1. The third-order valence-electron chi connectivity index (χ3n) is 2.82.